The largest absolute Gasteiger partial charge is 0.465 e. The first-order valence-electron chi connectivity index (χ1n) is 6.17. The van der Waals surface area contributed by atoms with E-state index in [0.29, 0.717) is 0 Å². The van der Waals surface area contributed by atoms with Crippen LogP contribution in [0.25, 0.3) is 0 Å². The molecule has 0 fully saturated rings. The normalized spacial score (nSPS) is 11.6. The van der Waals surface area contributed by atoms with Crippen LogP contribution in [0, 0.1) is 0 Å². The van der Waals surface area contributed by atoms with Crippen LogP contribution in [-0.4, -0.2) is 57.1 Å². The number of aromatic nitrogens is 1. The molecule has 0 unspecified atom stereocenters. The Morgan fingerprint density at radius 1 is 1.48 bits per heavy atom. The Labute approximate surface area is 128 Å². The van der Waals surface area contributed by atoms with E-state index in [1.54, 1.807) is 6.92 Å². The molecule has 0 aliphatic carbocycles. The Morgan fingerprint density at radius 2 is 2.19 bits per heavy atom. The summed E-state index contributed by atoms with van der Waals surface area (Å²) in [5.41, 5.74) is 0. The molecule has 0 amide bonds. The van der Waals surface area contributed by atoms with E-state index in [1.165, 1.54) is 19.4 Å². The Morgan fingerprint density at radius 3 is 2.76 bits per heavy atom. The smallest absolute Gasteiger partial charge is 0.321 e. The maximum absolute atomic E-state index is 12.5. The average Bonchev–Trinajstić information content (AvgIpc) is 2.43. The summed E-state index contributed by atoms with van der Waals surface area (Å²) >= 11 is 5.89. The van der Waals surface area contributed by atoms with Crippen LogP contribution in [0.2, 0.25) is 5.02 Å². The first-order valence-corrected chi connectivity index (χ1v) is 7.99. The number of hydrogen-bond acceptors (Lipinski definition) is 6. The molecule has 0 aliphatic heterocycles. The number of nitrogens with zero attached hydrogens (tertiary/aromatic N) is 2. The van der Waals surface area contributed by atoms with Gasteiger partial charge in [-0.1, -0.05) is 11.6 Å². The lowest BCUT2D eigenvalue weighted by Crippen LogP contribution is -2.38. The molecule has 21 heavy (non-hydrogen) atoms. The molecule has 9 heteroatoms. The first kappa shape index (κ1) is 17.8. The zero-order valence-electron chi connectivity index (χ0n) is 11.8. The minimum Gasteiger partial charge on any atom is -0.465 e. The van der Waals surface area contributed by atoms with Crippen molar-refractivity contribution in [3.63, 3.8) is 0 Å². The summed E-state index contributed by atoms with van der Waals surface area (Å²) in [7, 11) is -2.52. The van der Waals surface area contributed by atoms with Crippen molar-refractivity contribution < 1.29 is 22.7 Å². The summed E-state index contributed by atoms with van der Waals surface area (Å²) in [5, 5.41) is 0.0382. The van der Waals surface area contributed by atoms with E-state index >= 15 is 0 Å². The molecular weight excluding hydrogens is 320 g/mol. The van der Waals surface area contributed by atoms with E-state index in [4.69, 9.17) is 21.1 Å². The molecule has 0 radical (unpaired) electrons. The van der Waals surface area contributed by atoms with Gasteiger partial charge in [0.25, 0.3) is 0 Å². The van der Waals surface area contributed by atoms with Crippen LogP contribution in [0.3, 0.4) is 0 Å². The number of carbonyl (C=O) groups is 1. The Kier molecular flexibility index (Phi) is 7.03. The van der Waals surface area contributed by atoms with Crippen molar-refractivity contribution in [2.24, 2.45) is 0 Å². The van der Waals surface area contributed by atoms with Gasteiger partial charge >= 0.3 is 5.97 Å². The Bertz CT molecular complexity index is 579. The number of sulfonamides is 1. The van der Waals surface area contributed by atoms with Crippen LogP contribution in [0.5, 0.6) is 0 Å². The third-order valence-corrected chi connectivity index (χ3v) is 4.82. The van der Waals surface area contributed by atoms with Gasteiger partial charge in [-0.05, 0) is 13.0 Å². The molecule has 0 spiro atoms. The van der Waals surface area contributed by atoms with Crippen molar-refractivity contribution in [3.05, 3.63) is 23.5 Å². The van der Waals surface area contributed by atoms with Crippen LogP contribution < -0.4 is 0 Å². The molecule has 0 bridgehead atoms. The summed E-state index contributed by atoms with van der Waals surface area (Å²) in [4.78, 5) is 15.2. The fraction of sp³-hybridized carbons (Fsp3) is 0.500. The van der Waals surface area contributed by atoms with Gasteiger partial charge in [-0.2, -0.15) is 4.31 Å². The van der Waals surface area contributed by atoms with E-state index in [0.717, 1.165) is 10.5 Å². The standard InChI is InChI=1S/C12H17ClN2O5S/c1-3-20-12(16)9-15(6-7-19-2)21(17,18)11-8-14-5-4-10(11)13/h4-5,8H,3,6-7,9H2,1-2H3. The monoisotopic (exact) mass is 336 g/mol. The number of methoxy groups -OCH3 is 1. The van der Waals surface area contributed by atoms with Crippen LogP contribution >= 0.6 is 11.6 Å². The summed E-state index contributed by atoms with van der Waals surface area (Å²) in [6.07, 6.45) is 2.52. The van der Waals surface area contributed by atoms with Gasteiger partial charge in [0.2, 0.25) is 10.0 Å². The number of ether oxygens (including phenoxy) is 2. The van der Waals surface area contributed by atoms with Crippen molar-refractivity contribution in [1.29, 1.82) is 0 Å². The van der Waals surface area contributed by atoms with Crippen LogP contribution in [0.15, 0.2) is 23.4 Å². The second-order valence-corrected chi connectivity index (χ2v) is 6.26. The number of halogens is 1. The SMILES string of the molecule is CCOC(=O)CN(CCOC)S(=O)(=O)c1cnccc1Cl. The molecule has 0 atom stereocenters. The Hall–Kier alpha value is -1.22. The number of rotatable bonds is 8. The van der Waals surface area contributed by atoms with Crippen molar-refractivity contribution in [2.75, 3.05) is 33.4 Å². The second-order valence-electron chi connectivity index (χ2n) is 3.94. The van der Waals surface area contributed by atoms with Gasteiger partial charge in [0.1, 0.15) is 11.4 Å². The predicted molar refractivity (Wildman–Crippen MR) is 76.5 cm³/mol. The summed E-state index contributed by atoms with van der Waals surface area (Å²) < 4.78 is 35.7. The highest BCUT2D eigenvalue weighted by atomic mass is 35.5. The molecule has 0 N–H and O–H groups in total. The average molecular weight is 337 g/mol. The van der Waals surface area contributed by atoms with Crippen LogP contribution in [0.1, 0.15) is 6.92 Å². The summed E-state index contributed by atoms with van der Waals surface area (Å²) in [6.45, 7) is 1.54. The van der Waals surface area contributed by atoms with Gasteiger partial charge in [-0.25, -0.2) is 8.42 Å². The van der Waals surface area contributed by atoms with Crippen molar-refractivity contribution in [3.8, 4) is 0 Å². The fourth-order valence-corrected chi connectivity index (χ4v) is 3.29. The predicted octanol–water partition coefficient (Wildman–Crippen LogP) is 0.935. The third-order valence-electron chi connectivity index (χ3n) is 2.51. The highest BCUT2D eigenvalue weighted by Crippen LogP contribution is 2.23. The molecule has 0 aromatic carbocycles. The molecule has 1 aromatic heterocycles. The lowest BCUT2D eigenvalue weighted by Gasteiger charge is -2.21. The van der Waals surface area contributed by atoms with Gasteiger partial charge in [-0.3, -0.25) is 9.78 Å². The molecule has 1 rings (SSSR count). The Balaban J connectivity index is 3.06. The van der Waals surface area contributed by atoms with Crippen LogP contribution in [-0.2, 0) is 24.3 Å². The maximum Gasteiger partial charge on any atom is 0.321 e. The minimum absolute atomic E-state index is 0.00285. The molecule has 0 saturated carbocycles. The zero-order valence-corrected chi connectivity index (χ0v) is 13.4. The van der Waals surface area contributed by atoms with E-state index < -0.39 is 22.5 Å². The minimum atomic E-state index is -3.96. The quantitative estimate of drug-likeness (QED) is 0.657. The highest BCUT2D eigenvalue weighted by molar-refractivity contribution is 7.89. The molecule has 7 nitrogen and oxygen atoms in total. The van der Waals surface area contributed by atoms with Gasteiger partial charge in [0.05, 0.1) is 18.2 Å². The number of hydrogen-bond donors (Lipinski definition) is 0. The number of pyridine rings is 1. The molecule has 0 aliphatic rings. The highest BCUT2D eigenvalue weighted by Gasteiger charge is 2.29. The molecule has 118 valence electrons. The van der Waals surface area contributed by atoms with E-state index in [9.17, 15) is 13.2 Å². The summed E-state index contributed by atoms with van der Waals surface area (Å²) in [5.74, 6) is -0.641. The second kappa shape index (κ2) is 8.28. The molecule has 1 aromatic rings. The van der Waals surface area contributed by atoms with Gasteiger partial charge in [0, 0.05) is 26.0 Å². The van der Waals surface area contributed by atoms with Gasteiger partial charge < -0.3 is 9.47 Å². The van der Waals surface area contributed by atoms with E-state index in [2.05, 4.69) is 4.98 Å². The number of carbonyl (C=O) groups excluding carboxylic acids is 1. The third kappa shape index (κ3) is 4.92. The van der Waals surface area contributed by atoms with E-state index in [-0.39, 0.29) is 29.7 Å². The van der Waals surface area contributed by atoms with Crippen LogP contribution in [0.4, 0.5) is 0 Å². The topological polar surface area (TPSA) is 85.8 Å². The van der Waals surface area contributed by atoms with Crippen molar-refractivity contribution >= 4 is 27.6 Å². The first-order chi connectivity index (χ1) is 9.93. The molecule has 1 heterocycles. The lowest BCUT2D eigenvalue weighted by atomic mass is 10.5. The zero-order chi connectivity index (χ0) is 15.9. The molecular formula is C12H17ClN2O5S. The number of esters is 1. The maximum atomic E-state index is 12.5. The fourth-order valence-electron chi connectivity index (χ4n) is 1.52. The summed E-state index contributed by atoms with van der Waals surface area (Å²) in [6, 6.07) is 1.37. The van der Waals surface area contributed by atoms with Gasteiger partial charge in [-0.15, -0.1) is 0 Å². The van der Waals surface area contributed by atoms with Crippen molar-refractivity contribution in [1.82, 2.24) is 9.29 Å². The van der Waals surface area contributed by atoms with Gasteiger partial charge in [0.15, 0.2) is 0 Å². The van der Waals surface area contributed by atoms with E-state index in [1.807, 2.05) is 0 Å². The lowest BCUT2D eigenvalue weighted by molar-refractivity contribution is -0.143. The van der Waals surface area contributed by atoms with Crippen molar-refractivity contribution in [2.45, 2.75) is 11.8 Å². The molecule has 0 saturated heterocycles.